The summed E-state index contributed by atoms with van der Waals surface area (Å²) in [5.74, 6) is 0.163. The van der Waals surface area contributed by atoms with Crippen molar-refractivity contribution < 1.29 is 13.9 Å². The Morgan fingerprint density at radius 2 is 2.20 bits per heavy atom. The van der Waals surface area contributed by atoms with Crippen molar-refractivity contribution in [3.8, 4) is 0 Å². The average molecular weight is 341 g/mol. The van der Waals surface area contributed by atoms with Crippen LogP contribution in [0.4, 0.5) is 10.2 Å². The maximum absolute atomic E-state index is 13.4. The van der Waals surface area contributed by atoms with Gasteiger partial charge in [-0.05, 0) is 29.7 Å². The van der Waals surface area contributed by atoms with Gasteiger partial charge in [-0.2, -0.15) is 5.10 Å². The van der Waals surface area contributed by atoms with Gasteiger partial charge in [0.05, 0.1) is 18.7 Å². The Balaban J connectivity index is 1.68. The van der Waals surface area contributed by atoms with E-state index in [2.05, 4.69) is 24.7 Å². The Kier molecular flexibility index (Phi) is 3.79. The minimum atomic E-state index is -0.390. The van der Waals surface area contributed by atoms with Gasteiger partial charge in [0.1, 0.15) is 24.5 Å². The van der Waals surface area contributed by atoms with E-state index in [0.29, 0.717) is 12.2 Å². The maximum Gasteiger partial charge on any atom is 0.327 e. The van der Waals surface area contributed by atoms with Crippen molar-refractivity contribution in [1.82, 2.24) is 19.7 Å². The van der Waals surface area contributed by atoms with E-state index in [-0.39, 0.29) is 18.3 Å². The number of anilines is 1. The number of carbonyl (C=O) groups excluding carboxylic acids is 1. The standard InChI is InChI=1S/C17H16FN5O2/c1-25-15(24)9-23-17-14(7-21-23)16(19-10-20-17)22-5-4-11-6-13(18)3-2-12(11)8-22/h2-3,6-7,10H,4-5,8-9H2,1H3. The third-order valence-electron chi connectivity index (χ3n) is 4.40. The van der Waals surface area contributed by atoms with Gasteiger partial charge in [-0.15, -0.1) is 0 Å². The molecule has 0 spiro atoms. The molecule has 0 saturated carbocycles. The van der Waals surface area contributed by atoms with Crippen LogP contribution in [0.1, 0.15) is 11.1 Å². The van der Waals surface area contributed by atoms with Gasteiger partial charge in [-0.25, -0.2) is 19.0 Å². The molecule has 3 aromatic rings. The van der Waals surface area contributed by atoms with Gasteiger partial charge >= 0.3 is 5.97 Å². The molecule has 1 aliphatic rings. The van der Waals surface area contributed by atoms with Gasteiger partial charge in [0, 0.05) is 13.1 Å². The van der Waals surface area contributed by atoms with Crippen LogP contribution < -0.4 is 4.90 Å². The summed E-state index contributed by atoms with van der Waals surface area (Å²) in [4.78, 5) is 22.3. The van der Waals surface area contributed by atoms with Crippen LogP contribution in [-0.2, 0) is 29.0 Å². The van der Waals surface area contributed by atoms with Crippen molar-refractivity contribution >= 4 is 22.8 Å². The molecule has 8 heteroatoms. The lowest BCUT2D eigenvalue weighted by Gasteiger charge is -2.30. The molecule has 1 aliphatic heterocycles. The summed E-state index contributed by atoms with van der Waals surface area (Å²) in [5.41, 5.74) is 2.70. The molecule has 0 fully saturated rings. The minimum Gasteiger partial charge on any atom is -0.468 e. The number of hydrogen-bond donors (Lipinski definition) is 0. The van der Waals surface area contributed by atoms with Crippen LogP contribution in [0.25, 0.3) is 11.0 Å². The number of nitrogens with zero attached hydrogens (tertiary/aromatic N) is 5. The van der Waals surface area contributed by atoms with Crippen molar-refractivity contribution in [2.75, 3.05) is 18.6 Å². The van der Waals surface area contributed by atoms with E-state index in [1.807, 2.05) is 6.07 Å². The Morgan fingerprint density at radius 1 is 1.32 bits per heavy atom. The minimum absolute atomic E-state index is 0.00142. The first-order valence-corrected chi connectivity index (χ1v) is 7.91. The summed E-state index contributed by atoms with van der Waals surface area (Å²) in [6, 6.07) is 4.89. The second-order valence-corrected chi connectivity index (χ2v) is 5.90. The van der Waals surface area contributed by atoms with E-state index in [9.17, 15) is 9.18 Å². The summed E-state index contributed by atoms with van der Waals surface area (Å²) in [6.07, 6.45) is 3.87. The van der Waals surface area contributed by atoms with Crippen molar-refractivity contribution in [1.29, 1.82) is 0 Å². The van der Waals surface area contributed by atoms with Crippen LogP contribution >= 0.6 is 0 Å². The first-order chi connectivity index (χ1) is 12.2. The normalized spacial score (nSPS) is 13.8. The molecule has 25 heavy (non-hydrogen) atoms. The summed E-state index contributed by atoms with van der Waals surface area (Å²) in [7, 11) is 1.34. The second kappa shape index (κ2) is 6.12. The SMILES string of the molecule is COC(=O)Cn1ncc2c(N3CCc4cc(F)ccc4C3)ncnc21. The molecular formula is C17H16FN5O2. The van der Waals surface area contributed by atoms with Crippen molar-refractivity contribution in [2.24, 2.45) is 0 Å². The third kappa shape index (κ3) is 2.79. The highest BCUT2D eigenvalue weighted by Gasteiger charge is 2.21. The Labute approximate surface area is 143 Å². The fraction of sp³-hybridized carbons (Fsp3) is 0.294. The van der Waals surface area contributed by atoms with Crippen LogP contribution in [-0.4, -0.2) is 39.4 Å². The van der Waals surface area contributed by atoms with E-state index in [4.69, 9.17) is 0 Å². The molecule has 0 aliphatic carbocycles. The lowest BCUT2D eigenvalue weighted by atomic mass is 9.99. The highest BCUT2D eigenvalue weighted by molar-refractivity contribution is 5.87. The zero-order chi connectivity index (χ0) is 17.4. The molecule has 1 aromatic carbocycles. The van der Waals surface area contributed by atoms with Gasteiger partial charge in [0.2, 0.25) is 0 Å². The fourth-order valence-corrected chi connectivity index (χ4v) is 3.14. The molecule has 0 atom stereocenters. The third-order valence-corrected chi connectivity index (χ3v) is 4.40. The van der Waals surface area contributed by atoms with Gasteiger partial charge in [-0.3, -0.25) is 4.79 Å². The number of hydrogen-bond acceptors (Lipinski definition) is 6. The van der Waals surface area contributed by atoms with Gasteiger partial charge in [0.15, 0.2) is 5.65 Å². The van der Waals surface area contributed by atoms with Crippen LogP contribution in [0.3, 0.4) is 0 Å². The molecular weight excluding hydrogens is 325 g/mol. The van der Waals surface area contributed by atoms with Gasteiger partial charge < -0.3 is 9.64 Å². The predicted molar refractivity (Wildman–Crippen MR) is 88.5 cm³/mol. The molecule has 3 heterocycles. The topological polar surface area (TPSA) is 73.1 Å². The summed E-state index contributed by atoms with van der Waals surface area (Å²) in [6.45, 7) is 1.37. The monoisotopic (exact) mass is 341 g/mol. The lowest BCUT2D eigenvalue weighted by molar-refractivity contribution is -0.141. The van der Waals surface area contributed by atoms with E-state index in [1.165, 1.54) is 24.2 Å². The molecule has 128 valence electrons. The Morgan fingerprint density at radius 3 is 3.04 bits per heavy atom. The molecule has 0 bridgehead atoms. The van der Waals surface area contributed by atoms with E-state index >= 15 is 0 Å². The highest BCUT2D eigenvalue weighted by atomic mass is 19.1. The lowest BCUT2D eigenvalue weighted by Crippen LogP contribution is -2.31. The molecule has 0 radical (unpaired) electrons. The fourth-order valence-electron chi connectivity index (χ4n) is 3.14. The number of fused-ring (bicyclic) bond motifs is 2. The van der Waals surface area contributed by atoms with Crippen LogP contribution in [0.15, 0.2) is 30.7 Å². The number of rotatable bonds is 3. The Hall–Kier alpha value is -3.03. The van der Waals surface area contributed by atoms with Crippen LogP contribution in [0.2, 0.25) is 0 Å². The maximum atomic E-state index is 13.4. The summed E-state index contributed by atoms with van der Waals surface area (Å²) in [5, 5.41) is 5.01. The van der Waals surface area contributed by atoms with Crippen LogP contribution in [0, 0.1) is 5.82 Å². The summed E-state index contributed by atoms with van der Waals surface area (Å²) >= 11 is 0. The molecule has 0 saturated heterocycles. The number of methoxy groups -OCH3 is 1. The largest absolute Gasteiger partial charge is 0.468 e. The number of esters is 1. The molecule has 0 amide bonds. The zero-order valence-electron chi connectivity index (χ0n) is 13.6. The van der Waals surface area contributed by atoms with Gasteiger partial charge in [0.25, 0.3) is 0 Å². The van der Waals surface area contributed by atoms with Gasteiger partial charge in [-0.1, -0.05) is 6.07 Å². The number of aromatic nitrogens is 4. The van der Waals surface area contributed by atoms with E-state index in [1.54, 1.807) is 12.3 Å². The number of ether oxygens (including phenoxy) is 1. The zero-order valence-corrected chi connectivity index (χ0v) is 13.6. The van der Waals surface area contributed by atoms with E-state index in [0.717, 1.165) is 35.3 Å². The molecule has 2 aromatic heterocycles. The van der Waals surface area contributed by atoms with Crippen molar-refractivity contribution in [2.45, 2.75) is 19.5 Å². The second-order valence-electron chi connectivity index (χ2n) is 5.90. The van der Waals surface area contributed by atoms with Crippen molar-refractivity contribution in [3.05, 3.63) is 47.7 Å². The molecule has 7 nitrogen and oxygen atoms in total. The number of halogens is 1. The highest BCUT2D eigenvalue weighted by Crippen LogP contribution is 2.28. The number of benzene rings is 1. The quantitative estimate of drug-likeness (QED) is 0.675. The first kappa shape index (κ1) is 15.5. The average Bonchev–Trinajstić information content (AvgIpc) is 3.04. The first-order valence-electron chi connectivity index (χ1n) is 7.91. The molecule has 0 unspecified atom stereocenters. The smallest absolute Gasteiger partial charge is 0.327 e. The molecule has 4 rings (SSSR count). The predicted octanol–water partition coefficient (Wildman–Crippen LogP) is 1.70. The van der Waals surface area contributed by atoms with E-state index < -0.39 is 0 Å². The summed E-state index contributed by atoms with van der Waals surface area (Å²) < 4.78 is 19.6. The number of carbonyl (C=O) groups is 1. The van der Waals surface area contributed by atoms with Crippen LogP contribution in [0.5, 0.6) is 0 Å². The Bertz CT molecular complexity index is 955. The van der Waals surface area contributed by atoms with Crippen molar-refractivity contribution in [3.63, 3.8) is 0 Å². The molecule has 0 N–H and O–H groups in total.